The fourth-order valence-corrected chi connectivity index (χ4v) is 2.32. The summed E-state index contributed by atoms with van der Waals surface area (Å²) >= 11 is 0. The van der Waals surface area contributed by atoms with Crippen LogP contribution < -0.4 is 0 Å². The van der Waals surface area contributed by atoms with Gasteiger partial charge in [-0.2, -0.15) is 0 Å². The van der Waals surface area contributed by atoms with Gasteiger partial charge < -0.3 is 9.47 Å². The zero-order valence-corrected chi connectivity index (χ0v) is 11.4. The lowest BCUT2D eigenvalue weighted by molar-refractivity contribution is -0.144. The summed E-state index contributed by atoms with van der Waals surface area (Å²) in [5.41, 5.74) is 0.801. The molecule has 0 spiro atoms. The van der Waals surface area contributed by atoms with Crippen molar-refractivity contribution in [3.05, 3.63) is 22.7 Å². The SMILES string of the molecule is [C-]#[N+]/C(C(=O)OCC)=C1\CCCC1CC(=O)OCC. The highest BCUT2D eigenvalue weighted by atomic mass is 16.5. The Balaban J connectivity index is 2.86. The normalized spacial score (nSPS) is 20.6. The number of ether oxygens (including phenoxy) is 2. The topological polar surface area (TPSA) is 57.0 Å². The lowest BCUT2D eigenvalue weighted by Crippen LogP contribution is -2.14. The summed E-state index contributed by atoms with van der Waals surface area (Å²) in [6.07, 6.45) is 2.62. The van der Waals surface area contributed by atoms with Crippen LogP contribution in [0.5, 0.6) is 0 Å². The molecule has 1 rings (SSSR count). The molecule has 0 saturated heterocycles. The minimum Gasteiger partial charge on any atom is -0.471 e. The zero-order chi connectivity index (χ0) is 14.3. The van der Waals surface area contributed by atoms with Crippen molar-refractivity contribution in [2.24, 2.45) is 5.92 Å². The quantitative estimate of drug-likeness (QED) is 0.435. The van der Waals surface area contributed by atoms with Gasteiger partial charge in [0.2, 0.25) is 0 Å². The first-order chi connectivity index (χ1) is 9.13. The average Bonchev–Trinajstić information content (AvgIpc) is 2.79. The van der Waals surface area contributed by atoms with Crippen LogP contribution in [0.4, 0.5) is 0 Å². The van der Waals surface area contributed by atoms with Crippen LogP contribution in [0.25, 0.3) is 4.85 Å². The summed E-state index contributed by atoms with van der Waals surface area (Å²) in [6.45, 7) is 11.2. The van der Waals surface area contributed by atoms with E-state index in [0.29, 0.717) is 13.0 Å². The molecule has 0 N–H and O–H groups in total. The number of hydrogen-bond acceptors (Lipinski definition) is 4. The molecular formula is C14H19NO4. The third kappa shape index (κ3) is 4.09. The first-order valence-corrected chi connectivity index (χ1v) is 6.57. The molecule has 0 aromatic carbocycles. The van der Waals surface area contributed by atoms with Crippen LogP contribution in [-0.2, 0) is 19.1 Å². The molecule has 1 aliphatic rings. The molecule has 5 heteroatoms. The van der Waals surface area contributed by atoms with Gasteiger partial charge in [-0.05, 0) is 32.6 Å². The maximum atomic E-state index is 11.7. The Hall–Kier alpha value is -1.83. The summed E-state index contributed by atoms with van der Waals surface area (Å²) in [5, 5.41) is 0. The van der Waals surface area contributed by atoms with Gasteiger partial charge in [-0.3, -0.25) is 9.59 Å². The smallest absolute Gasteiger partial charge is 0.336 e. The molecule has 1 unspecified atom stereocenters. The molecule has 104 valence electrons. The second-order valence-electron chi connectivity index (χ2n) is 4.30. The van der Waals surface area contributed by atoms with Gasteiger partial charge in [-0.1, -0.05) is 12.0 Å². The minimum atomic E-state index is -0.580. The van der Waals surface area contributed by atoms with Crippen molar-refractivity contribution in [1.82, 2.24) is 0 Å². The highest BCUT2D eigenvalue weighted by molar-refractivity contribution is 5.91. The van der Waals surface area contributed by atoms with Crippen molar-refractivity contribution in [2.75, 3.05) is 13.2 Å². The molecular weight excluding hydrogens is 246 g/mol. The summed E-state index contributed by atoms with van der Waals surface area (Å²) in [6, 6.07) is 0. The van der Waals surface area contributed by atoms with E-state index >= 15 is 0 Å². The van der Waals surface area contributed by atoms with Gasteiger partial charge in [0.25, 0.3) is 5.70 Å². The van der Waals surface area contributed by atoms with Crippen molar-refractivity contribution in [2.45, 2.75) is 39.5 Å². The Kier molecular flexibility index (Phi) is 6.07. The predicted molar refractivity (Wildman–Crippen MR) is 68.9 cm³/mol. The van der Waals surface area contributed by atoms with Crippen molar-refractivity contribution in [3.63, 3.8) is 0 Å². The minimum absolute atomic E-state index is 0.0497. The van der Waals surface area contributed by atoms with E-state index < -0.39 is 5.97 Å². The van der Waals surface area contributed by atoms with Gasteiger partial charge in [-0.15, -0.1) is 0 Å². The third-order valence-electron chi connectivity index (χ3n) is 3.09. The second-order valence-corrected chi connectivity index (χ2v) is 4.30. The lowest BCUT2D eigenvalue weighted by Gasteiger charge is -2.13. The van der Waals surface area contributed by atoms with E-state index in [2.05, 4.69) is 4.85 Å². The van der Waals surface area contributed by atoms with Crippen molar-refractivity contribution < 1.29 is 19.1 Å². The third-order valence-corrected chi connectivity index (χ3v) is 3.09. The van der Waals surface area contributed by atoms with Crippen LogP contribution in [0.3, 0.4) is 0 Å². The molecule has 0 aromatic rings. The number of esters is 2. The maximum absolute atomic E-state index is 11.7. The summed E-state index contributed by atoms with van der Waals surface area (Å²) in [7, 11) is 0. The molecule has 5 nitrogen and oxygen atoms in total. The van der Waals surface area contributed by atoms with E-state index in [4.69, 9.17) is 16.0 Å². The van der Waals surface area contributed by atoms with Crippen LogP contribution in [0, 0.1) is 12.5 Å². The van der Waals surface area contributed by atoms with Crippen molar-refractivity contribution in [1.29, 1.82) is 0 Å². The van der Waals surface area contributed by atoms with Crippen LogP contribution in [0.15, 0.2) is 11.3 Å². The van der Waals surface area contributed by atoms with Gasteiger partial charge in [-0.25, -0.2) is 4.85 Å². The lowest BCUT2D eigenvalue weighted by atomic mass is 9.97. The Morgan fingerprint density at radius 2 is 2.00 bits per heavy atom. The van der Waals surface area contributed by atoms with Crippen LogP contribution in [-0.4, -0.2) is 25.2 Å². The fourth-order valence-electron chi connectivity index (χ4n) is 2.32. The Morgan fingerprint density at radius 1 is 1.32 bits per heavy atom. The molecule has 0 radical (unpaired) electrons. The highest BCUT2D eigenvalue weighted by Crippen LogP contribution is 2.36. The van der Waals surface area contributed by atoms with E-state index in [9.17, 15) is 9.59 Å². The van der Waals surface area contributed by atoms with E-state index in [-0.39, 0.29) is 30.6 Å². The van der Waals surface area contributed by atoms with Crippen LogP contribution >= 0.6 is 0 Å². The van der Waals surface area contributed by atoms with Crippen LogP contribution in [0.2, 0.25) is 0 Å². The zero-order valence-electron chi connectivity index (χ0n) is 11.4. The Bertz CT molecular complexity index is 420. The summed E-state index contributed by atoms with van der Waals surface area (Å²) < 4.78 is 9.80. The summed E-state index contributed by atoms with van der Waals surface area (Å²) in [5.74, 6) is -0.920. The Labute approximate surface area is 113 Å². The first-order valence-electron chi connectivity index (χ1n) is 6.57. The second kappa shape index (κ2) is 7.57. The molecule has 1 atom stereocenters. The predicted octanol–water partition coefficient (Wildman–Crippen LogP) is 2.48. The number of carbonyl (C=O) groups excluding carboxylic acids is 2. The van der Waals surface area contributed by atoms with Gasteiger partial charge in [0, 0.05) is 0 Å². The maximum Gasteiger partial charge on any atom is 0.336 e. The largest absolute Gasteiger partial charge is 0.471 e. The number of carbonyl (C=O) groups is 2. The van der Waals surface area contributed by atoms with Crippen LogP contribution in [0.1, 0.15) is 39.5 Å². The van der Waals surface area contributed by atoms with Crippen molar-refractivity contribution >= 4 is 11.9 Å². The van der Waals surface area contributed by atoms with Gasteiger partial charge >= 0.3 is 11.9 Å². The van der Waals surface area contributed by atoms with E-state index in [0.717, 1.165) is 18.4 Å². The van der Waals surface area contributed by atoms with E-state index in [1.165, 1.54) is 0 Å². The number of hydrogen-bond donors (Lipinski definition) is 0. The molecule has 0 aliphatic heterocycles. The van der Waals surface area contributed by atoms with Crippen molar-refractivity contribution in [3.8, 4) is 0 Å². The number of allylic oxidation sites excluding steroid dienone is 1. The molecule has 0 aromatic heterocycles. The van der Waals surface area contributed by atoms with E-state index in [1.807, 2.05) is 0 Å². The standard InChI is InChI=1S/C14H19NO4/c1-4-18-12(16)9-10-7-6-8-11(10)13(15-3)14(17)19-5-2/h10H,4-9H2,1-2H3/b13-11+. The average molecular weight is 265 g/mol. The molecule has 0 amide bonds. The molecule has 1 fully saturated rings. The molecule has 19 heavy (non-hydrogen) atoms. The highest BCUT2D eigenvalue weighted by Gasteiger charge is 2.30. The number of nitrogens with zero attached hydrogens (tertiary/aromatic N) is 1. The number of rotatable bonds is 5. The molecule has 0 bridgehead atoms. The molecule has 1 aliphatic carbocycles. The van der Waals surface area contributed by atoms with E-state index in [1.54, 1.807) is 13.8 Å². The Morgan fingerprint density at radius 3 is 2.58 bits per heavy atom. The summed E-state index contributed by atoms with van der Waals surface area (Å²) in [4.78, 5) is 26.5. The van der Waals surface area contributed by atoms with Gasteiger partial charge in [0.05, 0.1) is 26.2 Å². The molecule has 0 heterocycles. The molecule has 1 saturated carbocycles. The monoisotopic (exact) mass is 265 g/mol. The fraction of sp³-hybridized carbons (Fsp3) is 0.643. The van der Waals surface area contributed by atoms with Gasteiger partial charge in [0.1, 0.15) is 0 Å². The first kappa shape index (κ1) is 15.2. The van der Waals surface area contributed by atoms with Gasteiger partial charge in [0.15, 0.2) is 0 Å².